The lowest BCUT2D eigenvalue weighted by Crippen LogP contribution is -2.15. The van der Waals surface area contributed by atoms with E-state index in [4.69, 9.17) is 0 Å². The molecular weight excluding hydrogens is 260 g/mol. The Balaban J connectivity index is 1.71. The van der Waals surface area contributed by atoms with Crippen LogP contribution in [0.5, 0.6) is 0 Å². The zero-order valence-electron chi connectivity index (χ0n) is 12.7. The first kappa shape index (κ1) is 13.9. The van der Waals surface area contributed by atoms with Crippen LogP contribution in [0.25, 0.3) is 0 Å². The van der Waals surface area contributed by atoms with Crippen LogP contribution in [0.2, 0.25) is 0 Å². The van der Waals surface area contributed by atoms with Gasteiger partial charge in [-0.05, 0) is 56.0 Å². The van der Waals surface area contributed by atoms with E-state index in [-0.39, 0.29) is 0 Å². The first-order valence-corrected chi connectivity index (χ1v) is 7.64. The Morgan fingerprint density at radius 3 is 2.62 bits per heavy atom. The van der Waals surface area contributed by atoms with E-state index < -0.39 is 0 Å². The van der Waals surface area contributed by atoms with Gasteiger partial charge in [0.05, 0.1) is 0 Å². The number of hydrogen-bond acceptors (Lipinski definition) is 4. The summed E-state index contributed by atoms with van der Waals surface area (Å²) in [6, 6.07) is 8.79. The Morgan fingerprint density at radius 2 is 1.86 bits per heavy atom. The monoisotopic (exact) mass is 282 g/mol. The van der Waals surface area contributed by atoms with Crippen LogP contribution in [0.3, 0.4) is 0 Å². The summed E-state index contributed by atoms with van der Waals surface area (Å²) in [5.41, 5.74) is 3.58. The van der Waals surface area contributed by atoms with E-state index in [1.165, 1.54) is 36.8 Å². The fourth-order valence-corrected chi connectivity index (χ4v) is 2.73. The molecule has 0 amide bonds. The van der Waals surface area contributed by atoms with E-state index in [0.717, 1.165) is 11.5 Å². The maximum absolute atomic E-state index is 4.55. The Kier molecular flexibility index (Phi) is 4.04. The molecule has 0 bridgehead atoms. The van der Waals surface area contributed by atoms with Crippen LogP contribution < -0.4 is 10.6 Å². The van der Waals surface area contributed by atoms with Crippen LogP contribution in [0.1, 0.15) is 36.8 Å². The standard InChI is InChI=1S/C17H22N4/c1-12-7-8-15(11-13(12)2)20-17-18-10-9-16(21-17)19-14-5-3-4-6-14/h7-11,14H,3-6H2,1-2H3,(H2,18,19,20,21). The van der Waals surface area contributed by atoms with Gasteiger partial charge in [-0.1, -0.05) is 18.9 Å². The first-order valence-electron chi connectivity index (χ1n) is 7.64. The van der Waals surface area contributed by atoms with Gasteiger partial charge in [0.2, 0.25) is 5.95 Å². The molecule has 0 unspecified atom stereocenters. The highest BCUT2D eigenvalue weighted by Gasteiger charge is 2.15. The van der Waals surface area contributed by atoms with Crippen molar-refractivity contribution in [3.05, 3.63) is 41.6 Å². The van der Waals surface area contributed by atoms with Gasteiger partial charge in [0, 0.05) is 17.9 Å². The Bertz CT molecular complexity index is 618. The van der Waals surface area contributed by atoms with Gasteiger partial charge in [0.25, 0.3) is 0 Å². The molecule has 21 heavy (non-hydrogen) atoms. The Hall–Kier alpha value is -2.10. The minimum atomic E-state index is 0.564. The van der Waals surface area contributed by atoms with Crippen LogP contribution in [0, 0.1) is 13.8 Å². The minimum Gasteiger partial charge on any atom is -0.367 e. The number of aryl methyl sites for hydroxylation is 2. The molecule has 0 aliphatic heterocycles. The van der Waals surface area contributed by atoms with Crippen LogP contribution >= 0.6 is 0 Å². The number of nitrogens with one attached hydrogen (secondary N) is 2. The summed E-state index contributed by atoms with van der Waals surface area (Å²) in [7, 11) is 0. The highest BCUT2D eigenvalue weighted by atomic mass is 15.1. The Morgan fingerprint density at radius 1 is 1.05 bits per heavy atom. The lowest BCUT2D eigenvalue weighted by atomic mass is 10.1. The van der Waals surface area contributed by atoms with Crippen molar-refractivity contribution in [3.8, 4) is 0 Å². The SMILES string of the molecule is Cc1ccc(Nc2nccc(NC3CCCC3)n2)cc1C. The molecule has 1 aliphatic carbocycles. The van der Waals surface area contributed by atoms with E-state index in [1.807, 2.05) is 6.07 Å². The molecule has 1 aromatic heterocycles. The number of benzene rings is 1. The summed E-state index contributed by atoms with van der Waals surface area (Å²) >= 11 is 0. The molecule has 1 aromatic carbocycles. The summed E-state index contributed by atoms with van der Waals surface area (Å²) in [6.07, 6.45) is 6.91. The van der Waals surface area contributed by atoms with E-state index in [9.17, 15) is 0 Å². The lowest BCUT2D eigenvalue weighted by Gasteiger charge is -2.13. The highest BCUT2D eigenvalue weighted by molar-refractivity contribution is 5.56. The molecule has 4 heteroatoms. The summed E-state index contributed by atoms with van der Waals surface area (Å²) < 4.78 is 0. The van der Waals surface area contributed by atoms with Gasteiger partial charge in [-0.25, -0.2) is 4.98 Å². The predicted molar refractivity (Wildman–Crippen MR) is 87.1 cm³/mol. The quantitative estimate of drug-likeness (QED) is 0.882. The van der Waals surface area contributed by atoms with E-state index >= 15 is 0 Å². The van der Waals surface area contributed by atoms with Crippen LogP contribution in [0.4, 0.5) is 17.5 Å². The second-order valence-electron chi connectivity index (χ2n) is 5.82. The number of nitrogens with zero attached hydrogens (tertiary/aromatic N) is 2. The molecule has 1 aliphatic rings. The second kappa shape index (κ2) is 6.12. The van der Waals surface area contributed by atoms with Gasteiger partial charge < -0.3 is 10.6 Å². The van der Waals surface area contributed by atoms with E-state index in [2.05, 4.69) is 52.6 Å². The minimum absolute atomic E-state index is 0.564. The molecule has 4 nitrogen and oxygen atoms in total. The molecule has 2 N–H and O–H groups in total. The molecule has 0 atom stereocenters. The van der Waals surface area contributed by atoms with Gasteiger partial charge >= 0.3 is 0 Å². The predicted octanol–water partition coefficient (Wildman–Crippen LogP) is 4.19. The second-order valence-corrected chi connectivity index (χ2v) is 5.82. The maximum atomic E-state index is 4.55. The van der Waals surface area contributed by atoms with Gasteiger partial charge in [-0.15, -0.1) is 0 Å². The van der Waals surface area contributed by atoms with E-state index in [1.54, 1.807) is 6.20 Å². The van der Waals surface area contributed by atoms with E-state index in [0.29, 0.717) is 12.0 Å². The van der Waals surface area contributed by atoms with Crippen LogP contribution in [-0.4, -0.2) is 16.0 Å². The third kappa shape index (κ3) is 3.51. The normalized spacial score (nSPS) is 15.1. The average Bonchev–Trinajstić information content (AvgIpc) is 2.96. The summed E-state index contributed by atoms with van der Waals surface area (Å²) in [5, 5.41) is 6.77. The summed E-state index contributed by atoms with van der Waals surface area (Å²) in [5.74, 6) is 1.55. The Labute approximate surface area is 126 Å². The third-order valence-corrected chi connectivity index (χ3v) is 4.13. The van der Waals surface area contributed by atoms with Gasteiger partial charge in [-0.2, -0.15) is 4.98 Å². The van der Waals surface area contributed by atoms with Crippen molar-refractivity contribution in [3.63, 3.8) is 0 Å². The molecule has 2 aromatic rings. The zero-order chi connectivity index (χ0) is 14.7. The van der Waals surface area contributed by atoms with Crippen molar-refractivity contribution in [2.24, 2.45) is 0 Å². The molecule has 3 rings (SSSR count). The smallest absolute Gasteiger partial charge is 0.229 e. The van der Waals surface area contributed by atoms with Gasteiger partial charge in [0.15, 0.2) is 0 Å². The molecular formula is C17H22N4. The molecule has 1 fully saturated rings. The molecule has 0 radical (unpaired) electrons. The molecule has 0 spiro atoms. The van der Waals surface area contributed by atoms with Crippen molar-refractivity contribution >= 4 is 17.5 Å². The zero-order valence-corrected chi connectivity index (χ0v) is 12.7. The number of hydrogen-bond donors (Lipinski definition) is 2. The third-order valence-electron chi connectivity index (χ3n) is 4.13. The topological polar surface area (TPSA) is 49.8 Å². The van der Waals surface area contributed by atoms with Gasteiger partial charge in [-0.3, -0.25) is 0 Å². The summed E-state index contributed by atoms with van der Waals surface area (Å²) in [4.78, 5) is 8.85. The van der Waals surface area contributed by atoms with Crippen molar-refractivity contribution < 1.29 is 0 Å². The lowest BCUT2D eigenvalue weighted by molar-refractivity contribution is 0.750. The molecule has 1 heterocycles. The highest BCUT2D eigenvalue weighted by Crippen LogP contribution is 2.22. The fraction of sp³-hybridized carbons (Fsp3) is 0.412. The fourth-order valence-electron chi connectivity index (χ4n) is 2.73. The molecule has 0 saturated heterocycles. The van der Waals surface area contributed by atoms with Crippen molar-refractivity contribution in [1.82, 2.24) is 9.97 Å². The molecule has 110 valence electrons. The van der Waals surface area contributed by atoms with Crippen molar-refractivity contribution in [1.29, 1.82) is 0 Å². The van der Waals surface area contributed by atoms with Gasteiger partial charge in [0.1, 0.15) is 5.82 Å². The first-order chi connectivity index (χ1) is 10.2. The number of aromatic nitrogens is 2. The molecule has 1 saturated carbocycles. The largest absolute Gasteiger partial charge is 0.367 e. The average molecular weight is 282 g/mol. The van der Waals surface area contributed by atoms with Crippen molar-refractivity contribution in [2.75, 3.05) is 10.6 Å². The maximum Gasteiger partial charge on any atom is 0.229 e. The van der Waals surface area contributed by atoms with Crippen LogP contribution in [0.15, 0.2) is 30.5 Å². The number of anilines is 3. The van der Waals surface area contributed by atoms with Crippen molar-refractivity contribution in [2.45, 2.75) is 45.6 Å². The van der Waals surface area contributed by atoms with Crippen LogP contribution in [-0.2, 0) is 0 Å². The summed E-state index contributed by atoms with van der Waals surface area (Å²) in [6.45, 7) is 4.22. The number of rotatable bonds is 4.